The molecular formula is C12H22N2OS. The highest BCUT2D eigenvalue weighted by molar-refractivity contribution is 7.09. The summed E-state index contributed by atoms with van der Waals surface area (Å²) in [6, 6.07) is 0.543. The molecule has 1 aromatic rings. The van der Waals surface area contributed by atoms with Gasteiger partial charge in [-0.1, -0.05) is 6.92 Å². The van der Waals surface area contributed by atoms with Crippen LogP contribution in [0.2, 0.25) is 0 Å². The second-order valence-corrected chi connectivity index (χ2v) is 4.90. The Morgan fingerprint density at radius 2 is 2.44 bits per heavy atom. The first-order valence-electron chi connectivity index (χ1n) is 5.97. The first kappa shape index (κ1) is 13.6. The maximum Gasteiger partial charge on any atom is 0.0940 e. The van der Waals surface area contributed by atoms with Crippen LogP contribution in [0.25, 0.3) is 0 Å². The standard InChI is InChI=1S/C12H22N2OS/c1-3-6-13-11(5-4-8-15-2)10-12-14-7-9-16-12/h7,9,11,13H,3-6,8,10H2,1-2H3. The van der Waals surface area contributed by atoms with Gasteiger partial charge in [0.2, 0.25) is 0 Å². The van der Waals surface area contributed by atoms with E-state index in [1.54, 1.807) is 18.4 Å². The van der Waals surface area contributed by atoms with E-state index in [-0.39, 0.29) is 0 Å². The minimum atomic E-state index is 0.543. The molecular weight excluding hydrogens is 220 g/mol. The Kier molecular flexibility index (Phi) is 7.38. The fraction of sp³-hybridized carbons (Fsp3) is 0.750. The lowest BCUT2D eigenvalue weighted by Gasteiger charge is -2.17. The van der Waals surface area contributed by atoms with Crippen molar-refractivity contribution in [1.29, 1.82) is 0 Å². The highest BCUT2D eigenvalue weighted by Crippen LogP contribution is 2.10. The molecule has 0 aromatic carbocycles. The van der Waals surface area contributed by atoms with Crippen molar-refractivity contribution in [2.24, 2.45) is 0 Å². The summed E-state index contributed by atoms with van der Waals surface area (Å²) in [5, 5.41) is 6.85. The van der Waals surface area contributed by atoms with Crippen molar-refractivity contribution in [2.45, 2.75) is 38.6 Å². The molecule has 4 heteroatoms. The van der Waals surface area contributed by atoms with Crippen molar-refractivity contribution in [2.75, 3.05) is 20.3 Å². The number of hydrogen-bond acceptors (Lipinski definition) is 4. The van der Waals surface area contributed by atoms with Gasteiger partial charge in [-0.25, -0.2) is 4.98 Å². The van der Waals surface area contributed by atoms with Gasteiger partial charge in [-0.3, -0.25) is 0 Å². The molecule has 1 heterocycles. The van der Waals surface area contributed by atoms with E-state index < -0.39 is 0 Å². The molecule has 0 amide bonds. The van der Waals surface area contributed by atoms with Crippen LogP contribution in [0.1, 0.15) is 31.2 Å². The third-order valence-corrected chi connectivity index (χ3v) is 3.29. The molecule has 0 saturated heterocycles. The fourth-order valence-corrected chi connectivity index (χ4v) is 2.36. The Morgan fingerprint density at radius 1 is 1.56 bits per heavy atom. The molecule has 1 N–H and O–H groups in total. The van der Waals surface area contributed by atoms with Gasteiger partial charge in [-0.05, 0) is 25.8 Å². The topological polar surface area (TPSA) is 34.1 Å². The van der Waals surface area contributed by atoms with E-state index in [1.807, 2.05) is 11.6 Å². The molecule has 0 bridgehead atoms. The van der Waals surface area contributed by atoms with Gasteiger partial charge in [0.05, 0.1) is 5.01 Å². The summed E-state index contributed by atoms with van der Waals surface area (Å²) in [4.78, 5) is 4.34. The Morgan fingerprint density at radius 3 is 3.06 bits per heavy atom. The van der Waals surface area contributed by atoms with E-state index in [2.05, 4.69) is 17.2 Å². The predicted octanol–water partition coefficient (Wildman–Crippen LogP) is 2.48. The lowest BCUT2D eigenvalue weighted by atomic mass is 10.1. The lowest BCUT2D eigenvalue weighted by molar-refractivity contribution is 0.188. The second kappa shape index (κ2) is 8.67. The molecule has 0 aliphatic heterocycles. The molecule has 92 valence electrons. The Labute approximate surface area is 102 Å². The highest BCUT2D eigenvalue weighted by Gasteiger charge is 2.09. The zero-order chi connectivity index (χ0) is 11.6. The molecule has 1 unspecified atom stereocenters. The first-order chi connectivity index (χ1) is 7.86. The van der Waals surface area contributed by atoms with E-state index in [9.17, 15) is 0 Å². The maximum atomic E-state index is 5.09. The number of thiazole rings is 1. The van der Waals surface area contributed by atoms with Gasteiger partial charge in [0.25, 0.3) is 0 Å². The molecule has 0 saturated carbocycles. The van der Waals surface area contributed by atoms with Crippen LogP contribution < -0.4 is 5.32 Å². The summed E-state index contributed by atoms with van der Waals surface area (Å²) in [6.45, 7) is 4.13. The van der Waals surface area contributed by atoms with Crippen LogP contribution in [0, 0.1) is 0 Å². The average molecular weight is 242 g/mol. The summed E-state index contributed by atoms with van der Waals surface area (Å²) in [7, 11) is 1.76. The van der Waals surface area contributed by atoms with Gasteiger partial charge in [-0.15, -0.1) is 11.3 Å². The van der Waals surface area contributed by atoms with Crippen molar-refractivity contribution < 1.29 is 4.74 Å². The number of aromatic nitrogens is 1. The lowest BCUT2D eigenvalue weighted by Crippen LogP contribution is -2.32. The molecule has 0 spiro atoms. The monoisotopic (exact) mass is 242 g/mol. The smallest absolute Gasteiger partial charge is 0.0940 e. The van der Waals surface area contributed by atoms with E-state index in [0.29, 0.717) is 6.04 Å². The van der Waals surface area contributed by atoms with Crippen molar-refractivity contribution in [3.63, 3.8) is 0 Å². The fourth-order valence-electron chi connectivity index (χ4n) is 1.66. The number of nitrogens with zero attached hydrogens (tertiary/aromatic N) is 1. The van der Waals surface area contributed by atoms with Crippen molar-refractivity contribution in [1.82, 2.24) is 10.3 Å². The molecule has 1 aromatic heterocycles. The highest BCUT2D eigenvalue weighted by atomic mass is 32.1. The number of hydrogen-bond donors (Lipinski definition) is 1. The van der Waals surface area contributed by atoms with E-state index in [0.717, 1.165) is 32.4 Å². The molecule has 1 rings (SSSR count). The molecule has 0 aliphatic rings. The van der Waals surface area contributed by atoms with Crippen LogP contribution >= 0.6 is 11.3 Å². The van der Waals surface area contributed by atoms with E-state index in [1.165, 1.54) is 11.4 Å². The zero-order valence-corrected chi connectivity index (χ0v) is 11.1. The minimum Gasteiger partial charge on any atom is -0.385 e. The largest absolute Gasteiger partial charge is 0.385 e. The second-order valence-electron chi connectivity index (χ2n) is 3.92. The van der Waals surface area contributed by atoms with Crippen LogP contribution in [0.15, 0.2) is 11.6 Å². The first-order valence-corrected chi connectivity index (χ1v) is 6.85. The van der Waals surface area contributed by atoms with Gasteiger partial charge in [-0.2, -0.15) is 0 Å². The normalized spacial score (nSPS) is 12.9. The number of ether oxygens (including phenoxy) is 1. The summed E-state index contributed by atoms with van der Waals surface area (Å²) >= 11 is 1.74. The summed E-state index contributed by atoms with van der Waals surface area (Å²) in [5.74, 6) is 0. The number of rotatable bonds is 9. The van der Waals surface area contributed by atoms with Crippen LogP contribution in [-0.4, -0.2) is 31.3 Å². The van der Waals surface area contributed by atoms with Gasteiger partial charge >= 0.3 is 0 Å². The Hall–Kier alpha value is -0.450. The van der Waals surface area contributed by atoms with Gasteiger partial charge < -0.3 is 10.1 Å². The quantitative estimate of drug-likeness (QED) is 0.676. The molecule has 0 aliphatic carbocycles. The zero-order valence-electron chi connectivity index (χ0n) is 10.2. The Balaban J connectivity index is 2.31. The van der Waals surface area contributed by atoms with Crippen molar-refractivity contribution >= 4 is 11.3 Å². The predicted molar refractivity (Wildman–Crippen MR) is 69.0 cm³/mol. The minimum absolute atomic E-state index is 0.543. The van der Waals surface area contributed by atoms with E-state index in [4.69, 9.17) is 4.74 Å². The van der Waals surface area contributed by atoms with Crippen molar-refractivity contribution in [3.05, 3.63) is 16.6 Å². The van der Waals surface area contributed by atoms with Crippen LogP contribution in [0.4, 0.5) is 0 Å². The maximum absolute atomic E-state index is 5.09. The third kappa shape index (κ3) is 5.58. The van der Waals surface area contributed by atoms with Gasteiger partial charge in [0.1, 0.15) is 0 Å². The summed E-state index contributed by atoms with van der Waals surface area (Å²) in [5.41, 5.74) is 0. The molecule has 1 atom stereocenters. The average Bonchev–Trinajstić information content (AvgIpc) is 2.78. The molecule has 3 nitrogen and oxygen atoms in total. The van der Waals surface area contributed by atoms with Crippen molar-refractivity contribution in [3.8, 4) is 0 Å². The SMILES string of the molecule is CCCNC(CCCOC)Cc1nccs1. The number of nitrogens with one attached hydrogen (secondary N) is 1. The van der Waals surface area contributed by atoms with Gasteiger partial charge in [0, 0.05) is 37.8 Å². The summed E-state index contributed by atoms with van der Waals surface area (Å²) < 4.78 is 5.09. The van der Waals surface area contributed by atoms with Crippen LogP contribution in [0.5, 0.6) is 0 Å². The van der Waals surface area contributed by atoms with E-state index >= 15 is 0 Å². The van der Waals surface area contributed by atoms with Crippen LogP contribution in [0.3, 0.4) is 0 Å². The summed E-state index contributed by atoms with van der Waals surface area (Å²) in [6.07, 6.45) is 6.38. The van der Waals surface area contributed by atoms with Crippen LogP contribution in [-0.2, 0) is 11.2 Å². The van der Waals surface area contributed by atoms with Gasteiger partial charge in [0.15, 0.2) is 0 Å². The molecule has 0 fully saturated rings. The Bertz CT molecular complexity index is 252. The third-order valence-electron chi connectivity index (χ3n) is 2.49. The number of methoxy groups -OCH3 is 1. The molecule has 0 radical (unpaired) electrons. The molecule has 16 heavy (non-hydrogen) atoms.